The molecular weight excluding hydrogens is 465 g/mol. The van der Waals surface area contributed by atoms with Gasteiger partial charge in [-0.15, -0.1) is 11.3 Å². The highest BCUT2D eigenvalue weighted by Gasteiger charge is 2.39. The zero-order valence-electron chi connectivity index (χ0n) is 15.6. The number of nitrogens with one attached hydrogen (secondary N) is 1. The normalized spacial score (nSPS) is 12.8. The van der Waals surface area contributed by atoms with Crippen molar-refractivity contribution in [3.8, 4) is 10.4 Å². The minimum atomic E-state index is -4.75. The molecule has 0 aliphatic heterocycles. The molecule has 160 valence electrons. The third-order valence-electron chi connectivity index (χ3n) is 4.23. The van der Waals surface area contributed by atoms with Crippen LogP contribution in [0.3, 0.4) is 0 Å². The fraction of sp³-hybridized carbons (Fsp3) is 0.263. The molecule has 1 unspecified atom stereocenters. The summed E-state index contributed by atoms with van der Waals surface area (Å²) in [5, 5.41) is 6.21. The molecule has 0 spiro atoms. The summed E-state index contributed by atoms with van der Waals surface area (Å²) >= 11 is 14.0. The number of amides is 1. The first-order valence-corrected chi connectivity index (χ1v) is 10.2. The summed E-state index contributed by atoms with van der Waals surface area (Å²) in [7, 11) is 1.30. The molecule has 4 nitrogen and oxygen atoms in total. The summed E-state index contributed by atoms with van der Waals surface area (Å²) in [5.74, 6) is -1.29. The van der Waals surface area contributed by atoms with E-state index in [1.54, 1.807) is 19.1 Å². The first kappa shape index (κ1) is 22.6. The second-order valence-corrected chi connectivity index (χ2v) is 8.65. The molecule has 3 aromatic rings. The van der Waals surface area contributed by atoms with Gasteiger partial charge in [-0.05, 0) is 31.0 Å². The van der Waals surface area contributed by atoms with Crippen molar-refractivity contribution in [1.82, 2.24) is 15.1 Å². The molecule has 2 aromatic heterocycles. The van der Waals surface area contributed by atoms with Crippen molar-refractivity contribution in [2.24, 2.45) is 7.05 Å². The molecule has 1 amide bonds. The number of hydrogen-bond acceptors (Lipinski definition) is 3. The van der Waals surface area contributed by atoms with Gasteiger partial charge in [0.1, 0.15) is 5.82 Å². The Morgan fingerprint density at radius 3 is 2.50 bits per heavy atom. The van der Waals surface area contributed by atoms with E-state index in [2.05, 4.69) is 10.4 Å². The maximum Gasteiger partial charge on any atom is 0.435 e. The Morgan fingerprint density at radius 1 is 1.27 bits per heavy atom. The van der Waals surface area contributed by atoms with E-state index in [-0.39, 0.29) is 12.2 Å². The Labute approximate surface area is 183 Å². The molecule has 0 aliphatic rings. The average Bonchev–Trinajstić information content (AvgIpc) is 3.18. The number of nitrogens with zero attached hydrogens (tertiary/aromatic N) is 2. The van der Waals surface area contributed by atoms with Gasteiger partial charge in [0.05, 0.1) is 19.8 Å². The van der Waals surface area contributed by atoms with E-state index in [4.69, 9.17) is 23.2 Å². The first-order valence-electron chi connectivity index (χ1n) is 8.61. The van der Waals surface area contributed by atoms with Gasteiger partial charge in [0.15, 0.2) is 5.69 Å². The number of aromatic nitrogens is 2. The number of halogens is 6. The Hall–Kier alpha value is -2.10. The molecule has 1 atom stereocenters. The third-order valence-corrected chi connectivity index (χ3v) is 6.29. The van der Waals surface area contributed by atoms with Crippen molar-refractivity contribution in [2.45, 2.75) is 25.6 Å². The average molecular weight is 480 g/mol. The minimum absolute atomic E-state index is 0.197. The largest absolute Gasteiger partial charge is 0.435 e. The highest BCUT2D eigenvalue weighted by molar-refractivity contribution is 7.20. The molecule has 1 aromatic carbocycles. The van der Waals surface area contributed by atoms with E-state index in [9.17, 15) is 22.4 Å². The van der Waals surface area contributed by atoms with Gasteiger partial charge in [-0.1, -0.05) is 35.3 Å². The monoisotopic (exact) mass is 479 g/mol. The number of alkyl halides is 3. The van der Waals surface area contributed by atoms with E-state index in [0.29, 0.717) is 25.4 Å². The fourth-order valence-corrected chi connectivity index (χ4v) is 4.76. The lowest BCUT2D eigenvalue weighted by Gasteiger charge is -2.14. The molecule has 0 radical (unpaired) electrons. The van der Waals surface area contributed by atoms with Crippen LogP contribution in [0.1, 0.15) is 28.5 Å². The maximum absolute atomic E-state index is 13.2. The van der Waals surface area contributed by atoms with E-state index in [1.807, 2.05) is 0 Å². The summed E-state index contributed by atoms with van der Waals surface area (Å²) in [6.45, 7) is 1.63. The number of hydrogen-bond donors (Lipinski definition) is 1. The summed E-state index contributed by atoms with van der Waals surface area (Å²) in [6.07, 6.45) is -3.54. The third kappa shape index (κ3) is 4.79. The van der Waals surface area contributed by atoms with Crippen molar-refractivity contribution in [3.63, 3.8) is 0 Å². The van der Waals surface area contributed by atoms with Gasteiger partial charge < -0.3 is 5.32 Å². The van der Waals surface area contributed by atoms with Gasteiger partial charge in [0.25, 0.3) is 5.91 Å². The highest BCUT2D eigenvalue weighted by atomic mass is 35.5. The Balaban J connectivity index is 1.78. The lowest BCUT2D eigenvalue weighted by molar-refractivity contribution is -0.141. The minimum Gasteiger partial charge on any atom is -0.349 e. The highest BCUT2D eigenvalue weighted by Crippen LogP contribution is 2.43. The van der Waals surface area contributed by atoms with Gasteiger partial charge in [0, 0.05) is 24.8 Å². The van der Waals surface area contributed by atoms with Crippen LogP contribution in [0.15, 0.2) is 30.5 Å². The van der Waals surface area contributed by atoms with Gasteiger partial charge in [-0.25, -0.2) is 4.39 Å². The molecule has 2 heterocycles. The van der Waals surface area contributed by atoms with Crippen LogP contribution in [-0.2, 0) is 19.6 Å². The predicted molar refractivity (Wildman–Crippen MR) is 109 cm³/mol. The van der Waals surface area contributed by atoms with Crippen LogP contribution in [-0.4, -0.2) is 21.7 Å². The number of thiophene rings is 1. The van der Waals surface area contributed by atoms with Gasteiger partial charge in [-0.2, -0.15) is 18.3 Å². The van der Waals surface area contributed by atoms with Crippen LogP contribution in [0.4, 0.5) is 17.6 Å². The van der Waals surface area contributed by atoms with Crippen molar-refractivity contribution in [1.29, 1.82) is 0 Å². The van der Waals surface area contributed by atoms with Crippen molar-refractivity contribution >= 4 is 40.4 Å². The van der Waals surface area contributed by atoms with E-state index >= 15 is 0 Å². The number of carbonyl (C=O) groups is 1. The standard InChI is InChI=1S/C19H15Cl2F4N3OS/c1-9(26-18(29)13-8-28(2)27-16(13)19(23,24)25)7-12-14(20)15(30-17(12)21)10-3-5-11(22)6-4-10/h3-6,8-9H,7H2,1-2H3,(H,26,29). The molecule has 30 heavy (non-hydrogen) atoms. The molecule has 0 saturated heterocycles. The Morgan fingerprint density at radius 2 is 1.90 bits per heavy atom. The van der Waals surface area contributed by atoms with Crippen molar-refractivity contribution in [3.05, 3.63) is 62.5 Å². The molecule has 11 heteroatoms. The first-order chi connectivity index (χ1) is 14.0. The number of carbonyl (C=O) groups excluding carboxylic acids is 1. The smallest absolute Gasteiger partial charge is 0.349 e. The van der Waals surface area contributed by atoms with Gasteiger partial charge >= 0.3 is 6.18 Å². The number of aryl methyl sites for hydroxylation is 1. The predicted octanol–water partition coefficient (Wildman–Crippen LogP) is 5.97. The second-order valence-electron chi connectivity index (χ2n) is 6.65. The summed E-state index contributed by atoms with van der Waals surface area (Å²) < 4.78 is 53.7. The van der Waals surface area contributed by atoms with Gasteiger partial charge in [0.2, 0.25) is 0 Å². The number of rotatable bonds is 5. The zero-order valence-corrected chi connectivity index (χ0v) is 18.0. The van der Waals surface area contributed by atoms with E-state index < -0.39 is 29.4 Å². The van der Waals surface area contributed by atoms with E-state index in [1.165, 1.54) is 30.5 Å². The molecule has 0 fully saturated rings. The molecule has 0 aliphatic carbocycles. The summed E-state index contributed by atoms with van der Waals surface area (Å²) in [6, 6.07) is 5.17. The van der Waals surface area contributed by atoms with Crippen LogP contribution in [0.25, 0.3) is 10.4 Å². The lowest BCUT2D eigenvalue weighted by atomic mass is 10.1. The zero-order chi connectivity index (χ0) is 22.2. The van der Waals surface area contributed by atoms with Crippen LogP contribution in [0.5, 0.6) is 0 Å². The fourth-order valence-electron chi connectivity index (χ4n) is 2.90. The van der Waals surface area contributed by atoms with Crippen LogP contribution < -0.4 is 5.32 Å². The van der Waals surface area contributed by atoms with Crippen molar-refractivity contribution < 1.29 is 22.4 Å². The molecule has 0 saturated carbocycles. The number of benzene rings is 1. The summed E-state index contributed by atoms with van der Waals surface area (Å²) in [4.78, 5) is 13.0. The van der Waals surface area contributed by atoms with E-state index in [0.717, 1.165) is 10.9 Å². The quantitative estimate of drug-likeness (QED) is 0.458. The van der Waals surface area contributed by atoms with Crippen LogP contribution >= 0.6 is 34.5 Å². The van der Waals surface area contributed by atoms with Crippen LogP contribution in [0.2, 0.25) is 9.36 Å². The molecule has 1 N–H and O–H groups in total. The summed E-state index contributed by atoms with van der Waals surface area (Å²) in [5.41, 5.74) is -0.578. The SMILES string of the molecule is CC(Cc1c(Cl)sc(-c2ccc(F)cc2)c1Cl)NC(=O)c1cn(C)nc1C(F)(F)F. The lowest BCUT2D eigenvalue weighted by Crippen LogP contribution is -2.35. The second kappa shape index (κ2) is 8.56. The molecular formula is C19H15Cl2F4N3OS. The Kier molecular flexibility index (Phi) is 6.45. The molecule has 3 rings (SSSR count). The Bertz CT molecular complexity index is 1080. The van der Waals surface area contributed by atoms with Crippen molar-refractivity contribution in [2.75, 3.05) is 0 Å². The topological polar surface area (TPSA) is 46.9 Å². The van der Waals surface area contributed by atoms with Gasteiger partial charge in [-0.3, -0.25) is 9.48 Å². The molecule has 0 bridgehead atoms. The maximum atomic E-state index is 13.2. The van der Waals surface area contributed by atoms with Crippen LogP contribution in [0, 0.1) is 5.82 Å².